The topological polar surface area (TPSA) is 57.5 Å². The molecule has 4 fully saturated rings. The Morgan fingerprint density at radius 3 is 2.24 bits per heavy atom. The molecule has 5 aliphatic rings. The van der Waals surface area contributed by atoms with Crippen LogP contribution in [0.25, 0.3) is 5.57 Å². The summed E-state index contributed by atoms with van der Waals surface area (Å²) in [6.45, 7) is 23.5. The van der Waals surface area contributed by atoms with E-state index in [1.807, 2.05) is 12.1 Å². The monoisotopic (exact) mass is 590 g/mol. The highest BCUT2D eigenvalue weighted by atomic mass is 35.5. The lowest BCUT2D eigenvalue weighted by molar-refractivity contribution is -0.224. The van der Waals surface area contributed by atoms with Crippen molar-refractivity contribution in [2.45, 2.75) is 99.3 Å². The third kappa shape index (κ3) is 3.74. The molecular formula is C38H51ClO3. The van der Waals surface area contributed by atoms with E-state index in [4.69, 9.17) is 11.6 Å². The van der Waals surface area contributed by atoms with Gasteiger partial charge < -0.3 is 10.2 Å². The Kier molecular flexibility index (Phi) is 6.79. The van der Waals surface area contributed by atoms with Crippen molar-refractivity contribution in [2.75, 3.05) is 0 Å². The Bertz CT molecular complexity index is 1390. The predicted molar refractivity (Wildman–Crippen MR) is 173 cm³/mol. The number of allylic oxidation sites excluding steroid dienone is 4. The molecule has 4 heteroatoms. The smallest absolute Gasteiger partial charge is 0.337 e. The number of aliphatic hydroxyl groups is 1. The van der Waals surface area contributed by atoms with Gasteiger partial charge in [0, 0.05) is 5.41 Å². The van der Waals surface area contributed by atoms with Crippen molar-refractivity contribution in [2.24, 2.45) is 56.7 Å². The zero-order chi connectivity index (χ0) is 30.6. The van der Waals surface area contributed by atoms with Crippen molar-refractivity contribution in [1.82, 2.24) is 0 Å². The summed E-state index contributed by atoms with van der Waals surface area (Å²) < 4.78 is 0. The molecule has 4 saturated carbocycles. The number of halogens is 1. The molecule has 1 aromatic carbocycles. The third-order valence-electron chi connectivity index (χ3n) is 14.7. The number of aromatic carboxylic acids is 1. The average Bonchev–Trinajstić information content (AvgIpc) is 3.30. The second-order valence-corrected chi connectivity index (χ2v) is 16.7. The van der Waals surface area contributed by atoms with E-state index < -0.39 is 5.97 Å². The van der Waals surface area contributed by atoms with Crippen LogP contribution in [0.1, 0.15) is 115 Å². The number of carbonyl (C=O) groups is 1. The van der Waals surface area contributed by atoms with Gasteiger partial charge in [0.1, 0.15) is 0 Å². The fourth-order valence-corrected chi connectivity index (χ4v) is 12.9. The lowest BCUT2D eigenvalue weighted by Gasteiger charge is -2.72. The zero-order valence-electron chi connectivity index (χ0n) is 26.7. The Balaban J connectivity index is 1.38. The lowest BCUT2D eigenvalue weighted by Crippen LogP contribution is -2.65. The molecule has 1 aromatic rings. The first-order valence-electron chi connectivity index (χ1n) is 16.3. The highest BCUT2D eigenvalue weighted by molar-refractivity contribution is 6.33. The number of hydrogen-bond acceptors (Lipinski definition) is 2. The van der Waals surface area contributed by atoms with Crippen LogP contribution in [-0.2, 0) is 0 Å². The first kappa shape index (κ1) is 30.0. The van der Waals surface area contributed by atoms with Crippen LogP contribution < -0.4 is 0 Å². The summed E-state index contributed by atoms with van der Waals surface area (Å²) in [6.07, 6.45) is 12.8. The summed E-state index contributed by atoms with van der Waals surface area (Å²) in [5, 5.41) is 20.9. The molecular weight excluding hydrogens is 540 g/mol. The number of carboxylic acids is 1. The molecule has 0 unspecified atom stereocenters. The molecule has 0 amide bonds. The molecule has 2 N–H and O–H groups in total. The van der Waals surface area contributed by atoms with E-state index in [1.54, 1.807) is 6.07 Å². The number of benzene rings is 1. The maximum Gasteiger partial charge on any atom is 0.337 e. The Labute approximate surface area is 258 Å². The van der Waals surface area contributed by atoms with Crippen LogP contribution in [0.15, 0.2) is 48.8 Å². The van der Waals surface area contributed by atoms with Gasteiger partial charge in [0.25, 0.3) is 0 Å². The first-order chi connectivity index (χ1) is 19.5. The summed E-state index contributed by atoms with van der Waals surface area (Å²) in [7, 11) is 0. The lowest BCUT2D eigenvalue weighted by atomic mass is 9.32. The fourth-order valence-electron chi connectivity index (χ4n) is 12.6. The fraction of sp³-hybridized carbons (Fsp3) is 0.658. The van der Waals surface area contributed by atoms with Gasteiger partial charge in [0.15, 0.2) is 0 Å². The molecule has 0 aromatic heterocycles. The minimum Gasteiger partial charge on any atom is -0.512 e. The maximum absolute atomic E-state index is 11.6. The van der Waals surface area contributed by atoms with Crippen LogP contribution in [0.5, 0.6) is 0 Å². The van der Waals surface area contributed by atoms with Crippen LogP contribution in [0.3, 0.4) is 0 Å². The molecule has 0 aliphatic heterocycles. The number of aliphatic hydroxyl groups excluding tert-OH is 1. The average molecular weight is 591 g/mol. The number of fused-ring (bicyclic) bond motifs is 7. The molecule has 3 nitrogen and oxygen atoms in total. The summed E-state index contributed by atoms with van der Waals surface area (Å²) >= 11 is 6.45. The normalized spacial score (nSPS) is 43.7. The molecule has 0 heterocycles. The number of rotatable bonds is 4. The van der Waals surface area contributed by atoms with Crippen LogP contribution in [0.4, 0.5) is 0 Å². The minimum atomic E-state index is -0.984. The van der Waals surface area contributed by atoms with Gasteiger partial charge in [-0.05, 0) is 139 Å². The van der Waals surface area contributed by atoms with E-state index in [9.17, 15) is 15.0 Å². The van der Waals surface area contributed by atoms with Gasteiger partial charge in [-0.2, -0.15) is 0 Å². The summed E-state index contributed by atoms with van der Waals surface area (Å²) in [5.41, 5.74) is 4.28. The third-order valence-corrected chi connectivity index (χ3v) is 15.0. The van der Waals surface area contributed by atoms with Gasteiger partial charge in [-0.1, -0.05) is 77.1 Å². The summed E-state index contributed by atoms with van der Waals surface area (Å²) in [4.78, 5) is 11.6. The van der Waals surface area contributed by atoms with Crippen LogP contribution in [0.2, 0.25) is 5.02 Å². The van der Waals surface area contributed by atoms with E-state index in [-0.39, 0.29) is 32.6 Å². The molecule has 6 rings (SSSR count). The SMILES string of the molecule is C=C(C)[C@@H]1CC[C@]2(C(=C)O)CC[C@]3(C)[C@H](CC[C@@H]4[C@@]5(C)CC=C(c6ccc(C(=O)O)c(Cl)c6)C(C)(C)[C@@H]5CC[C@]43C)[C@@H]12. The molecule has 0 saturated heterocycles. The van der Waals surface area contributed by atoms with E-state index >= 15 is 0 Å². The van der Waals surface area contributed by atoms with E-state index in [0.29, 0.717) is 40.4 Å². The standard InChI is InChI=1S/C38H51ClO3/c1-22(2)25-13-18-38(23(3)40)20-19-36(7)28(32(25)38)11-12-31-35(6)16-14-27(24-9-10-26(33(41)42)29(39)21-24)34(4,5)30(35)15-17-37(31,36)8/h9-10,14,21,25,28,30-32,40H,1,3,11-13,15-20H2,2,4-8H3,(H,41,42)/t25-,28+,30-,31+,32+,35-,36+,37+,38+/m0/s1. The minimum absolute atomic E-state index is 0.0486. The van der Waals surface area contributed by atoms with Crippen molar-refractivity contribution in [3.8, 4) is 0 Å². The first-order valence-corrected chi connectivity index (χ1v) is 16.7. The molecule has 5 aliphatic carbocycles. The predicted octanol–water partition coefficient (Wildman–Crippen LogP) is 10.8. The van der Waals surface area contributed by atoms with E-state index in [1.165, 1.54) is 43.3 Å². The number of carboxylic acid groups (broad SMARTS) is 1. The van der Waals surface area contributed by atoms with Crippen molar-refractivity contribution in [1.29, 1.82) is 0 Å². The van der Waals surface area contributed by atoms with Crippen molar-refractivity contribution < 1.29 is 15.0 Å². The summed E-state index contributed by atoms with van der Waals surface area (Å²) in [5.74, 6) is 2.13. The van der Waals surface area contributed by atoms with Gasteiger partial charge in [0.05, 0.1) is 16.3 Å². The molecule has 0 radical (unpaired) electrons. The quantitative estimate of drug-likeness (QED) is 0.271. The molecule has 228 valence electrons. The molecule has 0 spiro atoms. The summed E-state index contributed by atoms with van der Waals surface area (Å²) in [6, 6.07) is 5.48. The second kappa shape index (κ2) is 9.50. The van der Waals surface area contributed by atoms with Crippen LogP contribution >= 0.6 is 11.6 Å². The van der Waals surface area contributed by atoms with Crippen LogP contribution in [-0.4, -0.2) is 16.2 Å². The van der Waals surface area contributed by atoms with E-state index in [2.05, 4.69) is 60.8 Å². The highest BCUT2D eigenvalue weighted by Crippen LogP contribution is 2.78. The Morgan fingerprint density at radius 2 is 1.62 bits per heavy atom. The second-order valence-electron chi connectivity index (χ2n) is 16.3. The van der Waals surface area contributed by atoms with Gasteiger partial charge >= 0.3 is 5.97 Å². The van der Waals surface area contributed by atoms with Gasteiger partial charge in [-0.3, -0.25) is 0 Å². The zero-order valence-corrected chi connectivity index (χ0v) is 27.4. The van der Waals surface area contributed by atoms with E-state index in [0.717, 1.165) is 31.2 Å². The molecule has 0 bridgehead atoms. The molecule has 42 heavy (non-hydrogen) atoms. The van der Waals surface area contributed by atoms with Gasteiger partial charge in [0.2, 0.25) is 0 Å². The van der Waals surface area contributed by atoms with Crippen molar-refractivity contribution >= 4 is 23.1 Å². The maximum atomic E-state index is 11.6. The van der Waals surface area contributed by atoms with Crippen molar-refractivity contribution in [3.63, 3.8) is 0 Å². The van der Waals surface area contributed by atoms with Gasteiger partial charge in [-0.15, -0.1) is 0 Å². The number of hydrogen-bond donors (Lipinski definition) is 2. The van der Waals surface area contributed by atoms with Crippen LogP contribution in [0, 0.1) is 56.7 Å². The Hall–Kier alpha value is -2.00. The largest absolute Gasteiger partial charge is 0.512 e. The highest BCUT2D eigenvalue weighted by Gasteiger charge is 2.70. The Morgan fingerprint density at radius 1 is 0.905 bits per heavy atom. The van der Waals surface area contributed by atoms with Crippen molar-refractivity contribution in [3.05, 3.63) is 64.9 Å². The molecule has 9 atom stereocenters. The van der Waals surface area contributed by atoms with Gasteiger partial charge in [-0.25, -0.2) is 4.79 Å².